The zero-order valence-electron chi connectivity index (χ0n) is 10.4. The summed E-state index contributed by atoms with van der Waals surface area (Å²) in [7, 11) is 0. The number of H-pyrrole nitrogens is 1. The van der Waals surface area contributed by atoms with Crippen LogP contribution in [-0.2, 0) is 11.0 Å². The second-order valence-electron chi connectivity index (χ2n) is 4.63. The van der Waals surface area contributed by atoms with Gasteiger partial charge in [0, 0.05) is 22.5 Å². The highest BCUT2D eigenvalue weighted by molar-refractivity contribution is 5.94. The average molecular weight is 270 g/mol. The summed E-state index contributed by atoms with van der Waals surface area (Å²) in [5.41, 5.74) is 0.0728. The van der Waals surface area contributed by atoms with E-state index in [1.165, 1.54) is 12.1 Å². The summed E-state index contributed by atoms with van der Waals surface area (Å²) in [6, 6.07) is 5.63. The number of carbonyl (C=O) groups is 1. The molecule has 1 aromatic carbocycles. The zero-order valence-corrected chi connectivity index (χ0v) is 10.4. The maximum Gasteiger partial charge on any atom is 0.431 e. The van der Waals surface area contributed by atoms with Gasteiger partial charge in [-0.3, -0.25) is 4.79 Å². The number of aromatic amines is 1. The summed E-state index contributed by atoms with van der Waals surface area (Å²) < 4.78 is 37.6. The molecule has 0 unspecified atom stereocenters. The number of amides is 1. The van der Waals surface area contributed by atoms with Gasteiger partial charge in [-0.25, -0.2) is 0 Å². The van der Waals surface area contributed by atoms with Gasteiger partial charge in [-0.05, 0) is 24.3 Å². The van der Waals surface area contributed by atoms with E-state index in [-0.39, 0.29) is 11.8 Å². The van der Waals surface area contributed by atoms with E-state index < -0.39 is 11.9 Å². The highest BCUT2D eigenvalue weighted by Gasteiger charge is 2.32. The van der Waals surface area contributed by atoms with E-state index in [0.717, 1.165) is 6.07 Å². The molecular formula is C13H13F3N2O. The Morgan fingerprint density at radius 3 is 2.53 bits per heavy atom. The van der Waals surface area contributed by atoms with Gasteiger partial charge in [-0.15, -0.1) is 0 Å². The SMILES string of the molecule is CC(C)C(=O)Nc1ccc2[nH]c(C(F)(F)F)cc2c1. The van der Waals surface area contributed by atoms with Crippen LogP contribution in [0.4, 0.5) is 18.9 Å². The smallest absolute Gasteiger partial charge is 0.351 e. The molecule has 0 aliphatic carbocycles. The first-order valence-corrected chi connectivity index (χ1v) is 5.78. The highest BCUT2D eigenvalue weighted by Crippen LogP contribution is 2.31. The number of anilines is 1. The molecule has 102 valence electrons. The molecular weight excluding hydrogens is 257 g/mol. The number of carbonyl (C=O) groups excluding carboxylic acids is 1. The standard InChI is InChI=1S/C13H13F3N2O/c1-7(2)12(19)17-9-3-4-10-8(5-9)6-11(18-10)13(14,15)16/h3-7,18H,1-2H3,(H,17,19). The van der Waals surface area contributed by atoms with Gasteiger partial charge in [0.05, 0.1) is 0 Å². The molecule has 3 nitrogen and oxygen atoms in total. The van der Waals surface area contributed by atoms with Crippen LogP contribution in [0.3, 0.4) is 0 Å². The molecule has 1 heterocycles. The third-order valence-corrected chi connectivity index (χ3v) is 2.72. The van der Waals surface area contributed by atoms with Crippen molar-refractivity contribution in [1.29, 1.82) is 0 Å². The Kier molecular flexibility index (Phi) is 3.26. The predicted octanol–water partition coefficient (Wildman–Crippen LogP) is 3.78. The van der Waals surface area contributed by atoms with E-state index in [1.54, 1.807) is 19.9 Å². The minimum atomic E-state index is -4.40. The first kappa shape index (κ1) is 13.5. The zero-order chi connectivity index (χ0) is 14.2. The molecule has 0 radical (unpaired) electrons. The highest BCUT2D eigenvalue weighted by atomic mass is 19.4. The van der Waals surface area contributed by atoms with Crippen molar-refractivity contribution in [3.63, 3.8) is 0 Å². The Labute approximate surface area is 107 Å². The lowest BCUT2D eigenvalue weighted by atomic mass is 10.2. The Bertz CT molecular complexity index is 614. The van der Waals surface area contributed by atoms with Crippen molar-refractivity contribution >= 4 is 22.5 Å². The molecule has 0 atom stereocenters. The molecule has 2 N–H and O–H groups in total. The fourth-order valence-corrected chi connectivity index (χ4v) is 1.65. The van der Waals surface area contributed by atoms with E-state index in [1.807, 2.05) is 0 Å². The lowest BCUT2D eigenvalue weighted by Gasteiger charge is -2.07. The number of benzene rings is 1. The molecule has 2 aromatic rings. The maximum atomic E-state index is 12.5. The number of rotatable bonds is 2. The summed E-state index contributed by atoms with van der Waals surface area (Å²) in [4.78, 5) is 13.8. The van der Waals surface area contributed by atoms with E-state index in [4.69, 9.17) is 0 Å². The molecule has 0 saturated carbocycles. The van der Waals surface area contributed by atoms with E-state index in [9.17, 15) is 18.0 Å². The third kappa shape index (κ3) is 2.89. The van der Waals surface area contributed by atoms with Gasteiger partial charge in [0.2, 0.25) is 5.91 Å². The minimum absolute atomic E-state index is 0.175. The fraction of sp³-hybridized carbons (Fsp3) is 0.308. The van der Waals surface area contributed by atoms with E-state index in [2.05, 4.69) is 10.3 Å². The fourth-order valence-electron chi connectivity index (χ4n) is 1.65. The molecule has 0 fully saturated rings. The number of alkyl halides is 3. The predicted molar refractivity (Wildman–Crippen MR) is 66.8 cm³/mol. The Hall–Kier alpha value is -1.98. The summed E-state index contributed by atoms with van der Waals surface area (Å²) >= 11 is 0. The number of hydrogen-bond donors (Lipinski definition) is 2. The van der Waals surface area contributed by atoms with E-state index >= 15 is 0 Å². The lowest BCUT2D eigenvalue weighted by Crippen LogP contribution is -2.17. The van der Waals surface area contributed by atoms with Gasteiger partial charge < -0.3 is 10.3 Å². The van der Waals surface area contributed by atoms with Crippen molar-refractivity contribution in [3.05, 3.63) is 30.0 Å². The number of aromatic nitrogens is 1. The van der Waals surface area contributed by atoms with Crippen LogP contribution < -0.4 is 5.32 Å². The minimum Gasteiger partial charge on any atom is -0.351 e. The van der Waals surface area contributed by atoms with Crippen LogP contribution in [0, 0.1) is 5.92 Å². The number of nitrogens with one attached hydrogen (secondary N) is 2. The maximum absolute atomic E-state index is 12.5. The molecule has 19 heavy (non-hydrogen) atoms. The van der Waals surface area contributed by atoms with Crippen LogP contribution in [0.5, 0.6) is 0 Å². The average Bonchev–Trinajstić information content (AvgIpc) is 2.71. The van der Waals surface area contributed by atoms with Crippen molar-refractivity contribution in [2.24, 2.45) is 5.92 Å². The molecule has 0 aliphatic heterocycles. The molecule has 0 bridgehead atoms. The lowest BCUT2D eigenvalue weighted by molar-refractivity contribution is -0.140. The first-order chi connectivity index (χ1) is 8.77. The molecule has 6 heteroatoms. The van der Waals surface area contributed by atoms with Gasteiger partial charge in [-0.2, -0.15) is 13.2 Å². The molecule has 0 spiro atoms. The number of fused-ring (bicyclic) bond motifs is 1. The van der Waals surface area contributed by atoms with Crippen LogP contribution >= 0.6 is 0 Å². The van der Waals surface area contributed by atoms with Crippen molar-refractivity contribution in [3.8, 4) is 0 Å². The quantitative estimate of drug-likeness (QED) is 0.857. The molecule has 0 saturated heterocycles. The molecule has 2 rings (SSSR count). The largest absolute Gasteiger partial charge is 0.431 e. The normalized spacial score (nSPS) is 12.1. The summed E-state index contributed by atoms with van der Waals surface area (Å²) in [5, 5.41) is 3.06. The van der Waals surface area contributed by atoms with Gasteiger partial charge in [0.1, 0.15) is 5.69 Å². The van der Waals surface area contributed by atoms with E-state index in [0.29, 0.717) is 16.6 Å². The first-order valence-electron chi connectivity index (χ1n) is 5.78. The van der Waals surface area contributed by atoms with Crippen LogP contribution in [0.2, 0.25) is 0 Å². The number of hydrogen-bond acceptors (Lipinski definition) is 1. The van der Waals surface area contributed by atoms with Gasteiger partial charge in [-0.1, -0.05) is 13.8 Å². The second-order valence-corrected chi connectivity index (χ2v) is 4.63. The van der Waals surface area contributed by atoms with Crippen molar-refractivity contribution < 1.29 is 18.0 Å². The van der Waals surface area contributed by atoms with Crippen LogP contribution in [0.25, 0.3) is 10.9 Å². The second kappa shape index (κ2) is 4.60. The van der Waals surface area contributed by atoms with Crippen molar-refractivity contribution in [1.82, 2.24) is 4.98 Å². The van der Waals surface area contributed by atoms with Gasteiger partial charge in [0.15, 0.2) is 0 Å². The van der Waals surface area contributed by atoms with Crippen LogP contribution in [0.1, 0.15) is 19.5 Å². The van der Waals surface area contributed by atoms with Crippen molar-refractivity contribution in [2.75, 3.05) is 5.32 Å². The molecule has 1 amide bonds. The molecule has 1 aromatic heterocycles. The summed E-state index contributed by atoms with van der Waals surface area (Å²) in [6.45, 7) is 3.48. The summed E-state index contributed by atoms with van der Waals surface area (Å²) in [5.74, 6) is -0.362. The van der Waals surface area contributed by atoms with Gasteiger partial charge >= 0.3 is 6.18 Å². The van der Waals surface area contributed by atoms with Crippen molar-refractivity contribution in [2.45, 2.75) is 20.0 Å². The Morgan fingerprint density at radius 2 is 1.95 bits per heavy atom. The Balaban J connectivity index is 2.33. The number of halogens is 3. The Morgan fingerprint density at radius 1 is 1.26 bits per heavy atom. The van der Waals surface area contributed by atoms with Gasteiger partial charge in [0.25, 0.3) is 0 Å². The molecule has 0 aliphatic rings. The third-order valence-electron chi connectivity index (χ3n) is 2.72. The monoisotopic (exact) mass is 270 g/mol. The van der Waals surface area contributed by atoms with Crippen LogP contribution in [0.15, 0.2) is 24.3 Å². The topological polar surface area (TPSA) is 44.9 Å². The van der Waals surface area contributed by atoms with Crippen LogP contribution in [-0.4, -0.2) is 10.9 Å². The summed E-state index contributed by atoms with van der Waals surface area (Å²) in [6.07, 6.45) is -4.40.